The van der Waals surface area contributed by atoms with Gasteiger partial charge in [0.2, 0.25) is 0 Å². The Morgan fingerprint density at radius 2 is 1.81 bits per heavy atom. The van der Waals surface area contributed by atoms with Crippen LogP contribution in [0.15, 0.2) is 45.7 Å². The lowest BCUT2D eigenvalue weighted by Gasteiger charge is -2.21. The number of rotatable bonds is 12. The molecular formula is C22H41N5. The summed E-state index contributed by atoms with van der Waals surface area (Å²) in [5.74, 6) is 0. The quantitative estimate of drug-likeness (QED) is 0.231. The Morgan fingerprint density at radius 3 is 2.37 bits per heavy atom. The maximum Gasteiger partial charge on any atom is 0.111 e. The van der Waals surface area contributed by atoms with Crippen molar-refractivity contribution in [3.63, 3.8) is 0 Å². The monoisotopic (exact) mass is 375 g/mol. The predicted molar refractivity (Wildman–Crippen MR) is 122 cm³/mol. The van der Waals surface area contributed by atoms with Gasteiger partial charge in [0.15, 0.2) is 0 Å². The molecule has 0 heterocycles. The highest BCUT2D eigenvalue weighted by molar-refractivity contribution is 5.96. The molecule has 0 aromatic rings. The lowest BCUT2D eigenvalue weighted by atomic mass is 9.84. The minimum Gasteiger partial charge on any atom is -0.360 e. The molecule has 0 amide bonds. The van der Waals surface area contributed by atoms with Gasteiger partial charge < -0.3 is 10.2 Å². The predicted octanol–water partition coefficient (Wildman–Crippen LogP) is 4.36. The summed E-state index contributed by atoms with van der Waals surface area (Å²) in [7, 11) is 2.02. The maximum absolute atomic E-state index is 4.44. The number of hydrogen-bond acceptors (Lipinski definition) is 4. The fourth-order valence-corrected chi connectivity index (χ4v) is 2.56. The molecule has 0 aromatic carbocycles. The van der Waals surface area contributed by atoms with E-state index in [0.29, 0.717) is 0 Å². The van der Waals surface area contributed by atoms with Crippen LogP contribution >= 0.6 is 0 Å². The normalized spacial score (nSPS) is 14.4. The minimum atomic E-state index is 0.224. The molecule has 0 saturated carbocycles. The molecule has 0 rings (SSSR count). The first-order valence-corrected chi connectivity index (χ1v) is 10.0. The molecule has 0 aromatic heterocycles. The summed E-state index contributed by atoms with van der Waals surface area (Å²) in [5.41, 5.74) is 6.95. The van der Waals surface area contributed by atoms with Gasteiger partial charge in [-0.25, -0.2) is 0 Å². The van der Waals surface area contributed by atoms with Gasteiger partial charge in [0, 0.05) is 32.9 Å². The molecule has 5 nitrogen and oxygen atoms in total. The zero-order valence-electron chi connectivity index (χ0n) is 18.8. The third-order valence-corrected chi connectivity index (χ3v) is 4.01. The molecule has 0 atom stereocenters. The smallest absolute Gasteiger partial charge is 0.111 e. The number of nitrogens with one attached hydrogen (secondary N) is 2. The zero-order chi connectivity index (χ0) is 20.7. The number of nitrogens with zero attached hydrogens (tertiary/aromatic N) is 3. The SMILES string of the molecule is CCN=C(/C=C\N/N=C/N(C)C/C(C)=C/C=C(\CC)C(C)(C)C)CNCC. The molecule has 5 heteroatoms. The van der Waals surface area contributed by atoms with E-state index in [1.807, 2.05) is 26.2 Å². The van der Waals surface area contributed by atoms with Crippen molar-refractivity contribution >= 4 is 12.1 Å². The first-order valence-electron chi connectivity index (χ1n) is 10.0. The van der Waals surface area contributed by atoms with E-state index in [-0.39, 0.29) is 5.41 Å². The Morgan fingerprint density at radius 1 is 1.11 bits per heavy atom. The fraction of sp³-hybridized carbons (Fsp3) is 0.636. The summed E-state index contributed by atoms with van der Waals surface area (Å²) in [6.07, 6.45) is 11.1. The molecule has 154 valence electrons. The van der Waals surface area contributed by atoms with Crippen LogP contribution < -0.4 is 10.7 Å². The van der Waals surface area contributed by atoms with E-state index < -0.39 is 0 Å². The molecule has 27 heavy (non-hydrogen) atoms. The summed E-state index contributed by atoms with van der Waals surface area (Å²) in [6.45, 7) is 18.6. The second-order valence-electron chi connectivity index (χ2n) is 7.68. The molecule has 0 aliphatic carbocycles. The van der Waals surface area contributed by atoms with Crippen molar-refractivity contribution in [3.05, 3.63) is 35.6 Å². The first-order chi connectivity index (χ1) is 12.7. The van der Waals surface area contributed by atoms with Gasteiger partial charge in [-0.3, -0.25) is 10.4 Å². The molecule has 0 radical (unpaired) electrons. The van der Waals surface area contributed by atoms with E-state index in [1.165, 1.54) is 11.1 Å². The molecule has 0 bridgehead atoms. The Kier molecular flexibility index (Phi) is 13.2. The number of hydrazone groups is 1. The molecule has 0 aliphatic heterocycles. The largest absolute Gasteiger partial charge is 0.360 e. The summed E-state index contributed by atoms with van der Waals surface area (Å²) >= 11 is 0. The van der Waals surface area contributed by atoms with Gasteiger partial charge in [-0.1, -0.05) is 57.9 Å². The van der Waals surface area contributed by atoms with Crippen molar-refractivity contribution in [2.24, 2.45) is 15.5 Å². The van der Waals surface area contributed by atoms with E-state index in [0.717, 1.165) is 38.3 Å². The van der Waals surface area contributed by atoms with Gasteiger partial charge in [0.25, 0.3) is 0 Å². The Hall–Kier alpha value is -1.88. The van der Waals surface area contributed by atoms with Crippen molar-refractivity contribution < 1.29 is 0 Å². The van der Waals surface area contributed by atoms with Gasteiger partial charge in [0.1, 0.15) is 6.34 Å². The third-order valence-electron chi connectivity index (χ3n) is 4.01. The van der Waals surface area contributed by atoms with E-state index in [4.69, 9.17) is 0 Å². The Labute approximate surface area is 167 Å². The highest BCUT2D eigenvalue weighted by Crippen LogP contribution is 2.27. The van der Waals surface area contributed by atoms with Crippen LogP contribution in [0.4, 0.5) is 0 Å². The Bertz CT molecular complexity index is 548. The van der Waals surface area contributed by atoms with Crippen molar-refractivity contribution in [1.29, 1.82) is 0 Å². The molecule has 0 spiro atoms. The van der Waals surface area contributed by atoms with Crippen LogP contribution in [0.25, 0.3) is 0 Å². The van der Waals surface area contributed by atoms with Crippen LogP contribution in [0.2, 0.25) is 0 Å². The van der Waals surface area contributed by atoms with Crippen molar-refractivity contribution in [2.45, 2.75) is 54.9 Å². The number of allylic oxidation sites excluding steroid dienone is 3. The number of aliphatic imine (C=N–C) groups is 1. The second kappa shape index (κ2) is 14.2. The van der Waals surface area contributed by atoms with Crippen LogP contribution in [0.3, 0.4) is 0 Å². The van der Waals surface area contributed by atoms with E-state index >= 15 is 0 Å². The maximum atomic E-state index is 4.44. The summed E-state index contributed by atoms with van der Waals surface area (Å²) < 4.78 is 0. The second-order valence-corrected chi connectivity index (χ2v) is 7.68. The highest BCUT2D eigenvalue weighted by Gasteiger charge is 2.13. The van der Waals surface area contributed by atoms with Crippen molar-refractivity contribution in [2.75, 3.05) is 33.2 Å². The summed E-state index contributed by atoms with van der Waals surface area (Å²) in [6, 6.07) is 0. The molecule has 2 N–H and O–H groups in total. The van der Waals surface area contributed by atoms with E-state index in [9.17, 15) is 0 Å². The average Bonchev–Trinajstić information content (AvgIpc) is 2.58. The molecule has 0 unspecified atom stereocenters. The summed E-state index contributed by atoms with van der Waals surface area (Å²) in [4.78, 5) is 6.50. The van der Waals surface area contributed by atoms with Crippen LogP contribution in [-0.2, 0) is 0 Å². The lowest BCUT2D eigenvalue weighted by molar-refractivity contribution is 0.488. The Balaban J connectivity index is 4.54. The van der Waals surface area contributed by atoms with Crippen LogP contribution in [0.5, 0.6) is 0 Å². The van der Waals surface area contributed by atoms with Crippen LogP contribution in [0, 0.1) is 5.41 Å². The van der Waals surface area contributed by atoms with Crippen LogP contribution in [-0.4, -0.2) is 50.2 Å². The fourth-order valence-electron chi connectivity index (χ4n) is 2.56. The van der Waals surface area contributed by atoms with Gasteiger partial charge in [-0.2, -0.15) is 5.10 Å². The topological polar surface area (TPSA) is 52.0 Å². The van der Waals surface area contributed by atoms with E-state index in [2.05, 4.69) is 79.4 Å². The lowest BCUT2D eigenvalue weighted by Crippen LogP contribution is -2.22. The average molecular weight is 376 g/mol. The molecule has 0 aliphatic rings. The van der Waals surface area contributed by atoms with Crippen molar-refractivity contribution in [1.82, 2.24) is 15.6 Å². The van der Waals surface area contributed by atoms with Crippen molar-refractivity contribution in [3.8, 4) is 0 Å². The van der Waals surface area contributed by atoms with E-state index in [1.54, 1.807) is 6.34 Å². The highest BCUT2D eigenvalue weighted by atomic mass is 15.3. The third kappa shape index (κ3) is 13.0. The minimum absolute atomic E-state index is 0.224. The standard InChI is InChI=1S/C22H41N5/c1-9-20(22(5,6)7)13-12-19(4)17-27(8)18-26-25-15-14-21(24-11-3)16-23-10-2/h12-15,18,23,25H,9-11,16-17H2,1-8H3/b15-14-,19-12+,20-13+,24-21?,26-18+. The molecular weight excluding hydrogens is 334 g/mol. The molecule has 0 fully saturated rings. The van der Waals surface area contributed by atoms with Gasteiger partial charge in [-0.05, 0) is 38.3 Å². The molecule has 0 saturated heterocycles. The first kappa shape index (κ1) is 25.1. The number of likely N-dealkylation sites (N-methyl/N-ethyl adjacent to an activating group) is 1. The van der Waals surface area contributed by atoms with Crippen LogP contribution in [0.1, 0.15) is 54.9 Å². The zero-order valence-corrected chi connectivity index (χ0v) is 18.8. The van der Waals surface area contributed by atoms with Gasteiger partial charge in [0.05, 0.1) is 5.71 Å². The van der Waals surface area contributed by atoms with Gasteiger partial charge >= 0.3 is 0 Å². The summed E-state index contributed by atoms with van der Waals surface area (Å²) in [5, 5.41) is 7.51. The number of hydrogen-bond donors (Lipinski definition) is 2. The van der Waals surface area contributed by atoms with Gasteiger partial charge in [-0.15, -0.1) is 0 Å².